The molecule has 0 atom stereocenters. The normalized spacial score (nSPS) is 10.2. The second-order valence-electron chi connectivity index (χ2n) is 3.08. The molecule has 15 heavy (non-hydrogen) atoms. The van der Waals surface area contributed by atoms with E-state index in [4.69, 9.17) is 35.4 Å². The van der Waals surface area contributed by atoms with Crippen LogP contribution in [0.1, 0.15) is 0 Å². The predicted octanol–water partition coefficient (Wildman–Crippen LogP) is 2.76. The molecule has 0 fully saturated rings. The highest BCUT2D eigenvalue weighted by atomic mass is 35.5. The summed E-state index contributed by atoms with van der Waals surface area (Å²) in [6.45, 7) is 0. The van der Waals surface area contributed by atoms with Crippen LogP contribution < -0.4 is 10.7 Å². The minimum Gasteiger partial charge on any atom is -0.330 e. The lowest BCUT2D eigenvalue weighted by atomic mass is 10.3. The Balaban J connectivity index is 2.68. The van der Waals surface area contributed by atoms with Gasteiger partial charge in [-0.25, -0.2) is 5.01 Å². The van der Waals surface area contributed by atoms with Gasteiger partial charge in [-0.15, -0.1) is 0 Å². The Kier molecular flexibility index (Phi) is 4.60. The Hall–Kier alpha value is -0.550. The molecule has 0 amide bonds. The molecule has 3 nitrogen and oxygen atoms in total. The van der Waals surface area contributed by atoms with E-state index >= 15 is 0 Å². The fourth-order valence-electron chi connectivity index (χ4n) is 0.944. The maximum atomic E-state index is 5.96. The fourth-order valence-corrected chi connectivity index (χ4v) is 1.69. The number of thiocarbonyl (C=S) groups is 1. The Labute approximate surface area is 104 Å². The van der Waals surface area contributed by atoms with Crippen molar-refractivity contribution in [1.82, 2.24) is 10.4 Å². The van der Waals surface area contributed by atoms with Gasteiger partial charge >= 0.3 is 0 Å². The molecule has 0 spiro atoms. The first-order valence-corrected chi connectivity index (χ1v) is 5.35. The smallest absolute Gasteiger partial charge is 0.185 e. The molecule has 0 saturated heterocycles. The zero-order valence-electron chi connectivity index (χ0n) is 8.34. The summed E-state index contributed by atoms with van der Waals surface area (Å²) in [5.74, 6) is 0. The number of rotatable bonds is 2. The van der Waals surface area contributed by atoms with E-state index in [9.17, 15) is 0 Å². The van der Waals surface area contributed by atoms with Crippen molar-refractivity contribution >= 4 is 46.2 Å². The third kappa shape index (κ3) is 4.22. The molecule has 1 aromatic rings. The molecule has 1 rings (SSSR count). The van der Waals surface area contributed by atoms with E-state index < -0.39 is 0 Å². The average molecular weight is 264 g/mol. The monoisotopic (exact) mass is 263 g/mol. The largest absolute Gasteiger partial charge is 0.330 e. The molecule has 2 N–H and O–H groups in total. The number of halogens is 2. The lowest BCUT2D eigenvalue weighted by Crippen LogP contribution is -2.39. The molecule has 1 aromatic carbocycles. The van der Waals surface area contributed by atoms with Crippen LogP contribution in [-0.2, 0) is 0 Å². The van der Waals surface area contributed by atoms with Gasteiger partial charge in [-0.1, -0.05) is 23.2 Å². The molecule has 0 aromatic heterocycles. The number of hydrogen-bond acceptors (Lipinski definition) is 2. The number of hydrazine groups is 1. The van der Waals surface area contributed by atoms with E-state index in [0.29, 0.717) is 15.2 Å². The van der Waals surface area contributed by atoms with Gasteiger partial charge in [0.2, 0.25) is 0 Å². The summed E-state index contributed by atoms with van der Waals surface area (Å²) in [7, 11) is 3.69. The lowest BCUT2D eigenvalue weighted by molar-refractivity contribution is 0.365. The summed E-state index contributed by atoms with van der Waals surface area (Å²) in [4.78, 5) is 0. The van der Waals surface area contributed by atoms with E-state index in [2.05, 4.69) is 10.7 Å². The number of anilines is 1. The molecule has 0 saturated carbocycles. The van der Waals surface area contributed by atoms with Gasteiger partial charge < -0.3 is 5.32 Å². The highest BCUT2D eigenvalue weighted by Gasteiger charge is 2.03. The molecule has 6 heteroatoms. The first-order valence-electron chi connectivity index (χ1n) is 4.19. The number of nitrogens with one attached hydrogen (secondary N) is 2. The predicted molar refractivity (Wildman–Crippen MR) is 69.5 cm³/mol. The minimum absolute atomic E-state index is 0.476. The Morgan fingerprint density at radius 3 is 2.53 bits per heavy atom. The Bertz CT molecular complexity index is 368. The van der Waals surface area contributed by atoms with Crippen molar-refractivity contribution in [2.45, 2.75) is 0 Å². The second-order valence-corrected chi connectivity index (χ2v) is 4.34. The quantitative estimate of drug-likeness (QED) is 0.634. The fraction of sp³-hybridized carbons (Fsp3) is 0.222. The zero-order chi connectivity index (χ0) is 11.4. The second kappa shape index (κ2) is 5.51. The van der Waals surface area contributed by atoms with E-state index in [1.165, 1.54) is 0 Å². The van der Waals surface area contributed by atoms with E-state index in [-0.39, 0.29) is 0 Å². The molecule has 0 radical (unpaired) electrons. The Morgan fingerprint density at radius 2 is 2.00 bits per heavy atom. The zero-order valence-corrected chi connectivity index (χ0v) is 10.7. The Morgan fingerprint density at radius 1 is 1.33 bits per heavy atom. The minimum atomic E-state index is 0.476. The topological polar surface area (TPSA) is 27.3 Å². The van der Waals surface area contributed by atoms with Crippen molar-refractivity contribution in [2.24, 2.45) is 0 Å². The molecule has 0 heterocycles. The summed E-state index contributed by atoms with van der Waals surface area (Å²) in [5, 5.41) is 6.30. The maximum Gasteiger partial charge on any atom is 0.185 e. The summed E-state index contributed by atoms with van der Waals surface area (Å²) >= 11 is 16.8. The van der Waals surface area contributed by atoms with Crippen molar-refractivity contribution < 1.29 is 0 Å². The molecular weight excluding hydrogens is 253 g/mol. The number of benzene rings is 1. The standard InChI is InChI=1S/C9H11Cl2N3S/c1-14(2)13-9(15)12-8-4-3-6(10)5-7(8)11/h3-5H,1-2H3,(H2,12,13,15). The van der Waals surface area contributed by atoms with Gasteiger partial charge in [0.05, 0.1) is 10.7 Å². The van der Waals surface area contributed by atoms with Crippen LogP contribution >= 0.6 is 35.4 Å². The van der Waals surface area contributed by atoms with Crippen LogP contribution in [0, 0.1) is 0 Å². The van der Waals surface area contributed by atoms with Crippen LogP contribution in [0.25, 0.3) is 0 Å². The summed E-state index contributed by atoms with van der Waals surface area (Å²) < 4.78 is 0. The van der Waals surface area contributed by atoms with Gasteiger partial charge in [0.1, 0.15) is 0 Å². The highest BCUT2D eigenvalue weighted by molar-refractivity contribution is 7.80. The van der Waals surface area contributed by atoms with Gasteiger partial charge in [0.15, 0.2) is 5.11 Å². The van der Waals surface area contributed by atoms with E-state index in [1.807, 2.05) is 14.1 Å². The van der Waals surface area contributed by atoms with Crippen molar-refractivity contribution in [2.75, 3.05) is 19.4 Å². The van der Waals surface area contributed by atoms with Crippen molar-refractivity contribution in [3.8, 4) is 0 Å². The van der Waals surface area contributed by atoms with Crippen LogP contribution in [0.2, 0.25) is 10.0 Å². The average Bonchev–Trinajstić information content (AvgIpc) is 2.08. The maximum absolute atomic E-state index is 5.96. The highest BCUT2D eigenvalue weighted by Crippen LogP contribution is 2.25. The molecule has 0 bridgehead atoms. The molecule has 0 unspecified atom stereocenters. The number of hydrogen-bond donors (Lipinski definition) is 2. The summed E-state index contributed by atoms with van der Waals surface area (Å²) in [6.07, 6.45) is 0. The molecule has 0 aliphatic carbocycles. The van der Waals surface area contributed by atoms with Crippen LogP contribution in [0.4, 0.5) is 5.69 Å². The van der Waals surface area contributed by atoms with Crippen LogP contribution in [0.15, 0.2) is 18.2 Å². The van der Waals surface area contributed by atoms with Crippen LogP contribution in [-0.4, -0.2) is 24.2 Å². The van der Waals surface area contributed by atoms with Crippen molar-refractivity contribution in [3.63, 3.8) is 0 Å². The third-order valence-corrected chi connectivity index (χ3v) is 2.25. The van der Waals surface area contributed by atoms with Gasteiger partial charge in [0, 0.05) is 19.1 Å². The molecule has 0 aliphatic heterocycles. The SMILES string of the molecule is CN(C)NC(=S)Nc1ccc(Cl)cc1Cl. The number of nitrogens with zero attached hydrogens (tertiary/aromatic N) is 1. The van der Waals surface area contributed by atoms with Gasteiger partial charge in [0.25, 0.3) is 0 Å². The first kappa shape index (κ1) is 12.5. The third-order valence-electron chi connectivity index (χ3n) is 1.50. The molecule has 0 aliphatic rings. The summed E-state index contributed by atoms with van der Waals surface area (Å²) in [5.41, 5.74) is 3.62. The van der Waals surface area contributed by atoms with Crippen molar-refractivity contribution in [3.05, 3.63) is 28.2 Å². The van der Waals surface area contributed by atoms with Gasteiger partial charge in [-0.2, -0.15) is 0 Å². The molecular formula is C9H11Cl2N3S. The van der Waals surface area contributed by atoms with Crippen LogP contribution in [0.3, 0.4) is 0 Å². The van der Waals surface area contributed by atoms with Crippen LogP contribution in [0.5, 0.6) is 0 Å². The molecule has 82 valence electrons. The van der Waals surface area contributed by atoms with E-state index in [0.717, 1.165) is 5.69 Å². The van der Waals surface area contributed by atoms with Gasteiger partial charge in [-0.05, 0) is 30.4 Å². The summed E-state index contributed by atoms with van der Waals surface area (Å²) in [6, 6.07) is 5.17. The lowest BCUT2D eigenvalue weighted by Gasteiger charge is -2.16. The van der Waals surface area contributed by atoms with Crippen molar-refractivity contribution in [1.29, 1.82) is 0 Å². The first-order chi connectivity index (χ1) is 6.99. The van der Waals surface area contributed by atoms with E-state index in [1.54, 1.807) is 23.2 Å². The van der Waals surface area contributed by atoms with Gasteiger partial charge in [-0.3, -0.25) is 5.43 Å².